The molecule has 0 bridgehead atoms. The lowest BCUT2D eigenvalue weighted by molar-refractivity contribution is 0.00182. The van der Waals surface area contributed by atoms with Crippen molar-refractivity contribution in [1.82, 2.24) is 15.1 Å². The van der Waals surface area contributed by atoms with Gasteiger partial charge in [-0.3, -0.25) is 4.90 Å². The quantitative estimate of drug-likeness (QED) is 0.922. The summed E-state index contributed by atoms with van der Waals surface area (Å²) in [6.07, 6.45) is 4.23. The van der Waals surface area contributed by atoms with Crippen LogP contribution in [0.25, 0.3) is 0 Å². The number of rotatable bonds is 4. The van der Waals surface area contributed by atoms with E-state index in [1.54, 1.807) is 0 Å². The molecule has 0 unspecified atom stereocenters. The van der Waals surface area contributed by atoms with E-state index >= 15 is 0 Å². The molecule has 0 radical (unpaired) electrons. The maximum Gasteiger partial charge on any atom is 0.151 e. The first kappa shape index (κ1) is 16.7. The average Bonchev–Trinajstić information content (AvgIpc) is 2.83. The van der Waals surface area contributed by atoms with Gasteiger partial charge in [0, 0.05) is 31.1 Å². The number of hydrogen-bond acceptors (Lipinski definition) is 5. The molecular weight excluding hydrogens is 288 g/mol. The zero-order valence-electron chi connectivity index (χ0n) is 14.9. The Morgan fingerprint density at radius 3 is 2.39 bits per heavy atom. The van der Waals surface area contributed by atoms with E-state index in [1.165, 1.54) is 0 Å². The second kappa shape index (κ2) is 6.02. The topological polar surface area (TPSA) is 52.5 Å². The summed E-state index contributed by atoms with van der Waals surface area (Å²) in [6.45, 7) is 9.18. The van der Waals surface area contributed by atoms with Crippen LogP contribution in [0, 0.1) is 0 Å². The minimum Gasteiger partial charge on any atom is -0.389 e. The highest BCUT2D eigenvalue weighted by molar-refractivity contribution is 5.42. The van der Waals surface area contributed by atoms with E-state index in [1.807, 2.05) is 0 Å². The van der Waals surface area contributed by atoms with Crippen molar-refractivity contribution in [2.24, 2.45) is 0 Å². The first-order valence-electron chi connectivity index (χ1n) is 8.79. The fraction of sp³-hybridized carbons (Fsp3) is 0.778. The van der Waals surface area contributed by atoms with Crippen LogP contribution in [0.15, 0.2) is 12.1 Å². The number of likely N-dealkylation sites (N-methyl/N-ethyl adjacent to an activating group) is 1. The van der Waals surface area contributed by atoms with Crippen LogP contribution in [0.1, 0.15) is 52.1 Å². The predicted molar refractivity (Wildman–Crippen MR) is 92.8 cm³/mol. The fourth-order valence-corrected chi connectivity index (χ4v) is 3.60. The molecule has 1 aliphatic heterocycles. The van der Waals surface area contributed by atoms with Gasteiger partial charge in [-0.1, -0.05) is 33.6 Å². The van der Waals surface area contributed by atoms with E-state index in [-0.39, 0.29) is 5.41 Å². The van der Waals surface area contributed by atoms with Gasteiger partial charge in [0.2, 0.25) is 0 Å². The Morgan fingerprint density at radius 2 is 1.87 bits per heavy atom. The standard InChI is InChI=1S/C18H30N4O/c1-17(2,3)15-7-8-16(20-19-15)22-11-14(12-22)21(4)13-18(23)9-5-6-10-18/h7-8,14,23H,5-6,9-13H2,1-4H3. The second-order valence-corrected chi connectivity index (χ2v) is 8.43. The van der Waals surface area contributed by atoms with E-state index in [2.05, 4.69) is 59.9 Å². The molecule has 5 heteroatoms. The van der Waals surface area contributed by atoms with Crippen LogP contribution < -0.4 is 4.90 Å². The molecule has 23 heavy (non-hydrogen) atoms. The summed E-state index contributed by atoms with van der Waals surface area (Å²) in [5.41, 5.74) is 0.613. The summed E-state index contributed by atoms with van der Waals surface area (Å²) in [5, 5.41) is 19.3. The summed E-state index contributed by atoms with van der Waals surface area (Å²) in [6, 6.07) is 4.67. The van der Waals surface area contributed by atoms with Crippen molar-refractivity contribution >= 4 is 5.82 Å². The van der Waals surface area contributed by atoms with Crippen LogP contribution in [-0.2, 0) is 5.41 Å². The van der Waals surface area contributed by atoms with E-state index in [0.29, 0.717) is 6.04 Å². The van der Waals surface area contributed by atoms with Crippen molar-refractivity contribution in [2.45, 2.75) is 63.5 Å². The molecule has 5 nitrogen and oxygen atoms in total. The van der Waals surface area contributed by atoms with Crippen molar-refractivity contribution in [2.75, 3.05) is 31.6 Å². The SMILES string of the molecule is CN(CC1(O)CCCC1)C1CN(c2ccc(C(C)(C)C)nn2)C1. The summed E-state index contributed by atoms with van der Waals surface area (Å²) < 4.78 is 0. The first-order valence-corrected chi connectivity index (χ1v) is 8.79. The van der Waals surface area contributed by atoms with Gasteiger partial charge in [-0.2, -0.15) is 5.10 Å². The molecule has 0 aromatic carbocycles. The lowest BCUT2D eigenvalue weighted by atomic mass is 9.92. The van der Waals surface area contributed by atoms with Gasteiger partial charge < -0.3 is 10.0 Å². The van der Waals surface area contributed by atoms with Gasteiger partial charge in [-0.15, -0.1) is 5.10 Å². The average molecular weight is 318 g/mol. The van der Waals surface area contributed by atoms with Crippen LogP contribution in [0.5, 0.6) is 0 Å². The van der Waals surface area contributed by atoms with Gasteiger partial charge in [-0.25, -0.2) is 0 Å². The van der Waals surface area contributed by atoms with Gasteiger partial charge in [0.1, 0.15) is 0 Å². The summed E-state index contributed by atoms with van der Waals surface area (Å²) in [7, 11) is 2.13. The summed E-state index contributed by atoms with van der Waals surface area (Å²) >= 11 is 0. The van der Waals surface area contributed by atoms with Gasteiger partial charge in [0.05, 0.1) is 11.3 Å². The Labute approximate surface area is 139 Å². The smallest absolute Gasteiger partial charge is 0.151 e. The zero-order chi connectivity index (χ0) is 16.7. The fourth-order valence-electron chi connectivity index (χ4n) is 3.60. The third-order valence-electron chi connectivity index (χ3n) is 5.31. The van der Waals surface area contributed by atoms with Crippen LogP contribution in [0.3, 0.4) is 0 Å². The molecule has 2 heterocycles. The number of hydrogen-bond donors (Lipinski definition) is 1. The van der Waals surface area contributed by atoms with Crippen LogP contribution >= 0.6 is 0 Å². The van der Waals surface area contributed by atoms with Crippen LogP contribution in [0.4, 0.5) is 5.82 Å². The maximum atomic E-state index is 10.5. The number of aliphatic hydroxyl groups is 1. The molecule has 3 rings (SSSR count). The molecule has 2 fully saturated rings. The Bertz CT molecular complexity index is 525. The Morgan fingerprint density at radius 1 is 1.22 bits per heavy atom. The van der Waals surface area contributed by atoms with Crippen molar-refractivity contribution in [3.8, 4) is 0 Å². The lowest BCUT2D eigenvalue weighted by Crippen LogP contribution is -2.61. The normalized spacial score (nSPS) is 21.7. The van der Waals surface area contributed by atoms with Crippen LogP contribution in [0.2, 0.25) is 0 Å². The van der Waals surface area contributed by atoms with Crippen molar-refractivity contribution in [3.05, 3.63) is 17.8 Å². The Balaban J connectivity index is 1.52. The molecule has 1 N–H and O–H groups in total. The molecular formula is C18H30N4O. The highest BCUT2D eigenvalue weighted by Gasteiger charge is 2.37. The van der Waals surface area contributed by atoms with Gasteiger partial charge in [-0.05, 0) is 32.0 Å². The molecule has 2 aliphatic rings. The van der Waals surface area contributed by atoms with Crippen LogP contribution in [-0.4, -0.2) is 58.5 Å². The van der Waals surface area contributed by atoms with Gasteiger partial charge in [0.25, 0.3) is 0 Å². The highest BCUT2D eigenvalue weighted by atomic mass is 16.3. The molecule has 0 atom stereocenters. The Kier molecular flexibility index (Phi) is 4.36. The summed E-state index contributed by atoms with van der Waals surface area (Å²) in [5.74, 6) is 0.960. The van der Waals surface area contributed by atoms with E-state index < -0.39 is 5.60 Å². The van der Waals surface area contributed by atoms with Crippen molar-refractivity contribution in [1.29, 1.82) is 0 Å². The molecule has 0 amide bonds. The third-order valence-corrected chi connectivity index (χ3v) is 5.31. The maximum absolute atomic E-state index is 10.5. The molecule has 1 aromatic heterocycles. The number of aromatic nitrogens is 2. The summed E-state index contributed by atoms with van der Waals surface area (Å²) in [4.78, 5) is 4.58. The molecule has 128 valence electrons. The number of nitrogens with zero attached hydrogens (tertiary/aromatic N) is 4. The van der Waals surface area contributed by atoms with Gasteiger partial charge in [0.15, 0.2) is 5.82 Å². The first-order chi connectivity index (χ1) is 10.8. The van der Waals surface area contributed by atoms with E-state index in [4.69, 9.17) is 0 Å². The molecule has 1 aromatic rings. The molecule has 1 aliphatic carbocycles. The third kappa shape index (κ3) is 3.66. The Hall–Kier alpha value is -1.20. The van der Waals surface area contributed by atoms with E-state index in [9.17, 15) is 5.11 Å². The minimum absolute atomic E-state index is 0.0416. The monoisotopic (exact) mass is 318 g/mol. The number of anilines is 1. The van der Waals surface area contributed by atoms with Crippen molar-refractivity contribution < 1.29 is 5.11 Å². The largest absolute Gasteiger partial charge is 0.389 e. The van der Waals surface area contributed by atoms with E-state index in [0.717, 1.165) is 56.8 Å². The van der Waals surface area contributed by atoms with Gasteiger partial charge >= 0.3 is 0 Å². The molecule has 0 spiro atoms. The second-order valence-electron chi connectivity index (χ2n) is 8.43. The highest BCUT2D eigenvalue weighted by Crippen LogP contribution is 2.31. The molecule has 1 saturated carbocycles. The minimum atomic E-state index is -0.455. The van der Waals surface area contributed by atoms with Crippen molar-refractivity contribution in [3.63, 3.8) is 0 Å². The lowest BCUT2D eigenvalue weighted by Gasteiger charge is -2.46. The molecule has 1 saturated heterocycles. The predicted octanol–water partition coefficient (Wildman–Crippen LogP) is 2.20. The zero-order valence-corrected chi connectivity index (χ0v) is 14.9.